The van der Waals surface area contributed by atoms with Crippen LogP contribution in [0.2, 0.25) is 0 Å². The fourth-order valence-corrected chi connectivity index (χ4v) is 3.10. The second kappa shape index (κ2) is 5.51. The van der Waals surface area contributed by atoms with Crippen molar-refractivity contribution in [2.75, 3.05) is 26.2 Å². The molecule has 5 nitrogen and oxygen atoms in total. The number of aromatic nitrogens is 1. The highest BCUT2D eigenvalue weighted by molar-refractivity contribution is 5.92. The minimum absolute atomic E-state index is 0. The topological polar surface area (TPSA) is 58.4 Å². The first kappa shape index (κ1) is 14.3. The number of hydrogen-bond donors (Lipinski definition) is 1. The molecule has 2 aliphatic rings. The average molecular weight is 286 g/mol. The van der Waals surface area contributed by atoms with E-state index in [1.54, 1.807) is 6.07 Å². The standard InChI is InChI=1S/C13H19N3O2.ClH/c1-10-8-11(15-18-10)12(17)16-7-4-13(9-16)2-5-14-6-3-13;/h8,14H,2-7,9H2,1H3;1H. The van der Waals surface area contributed by atoms with E-state index in [1.165, 1.54) is 12.8 Å². The number of hydrogen-bond acceptors (Lipinski definition) is 4. The van der Waals surface area contributed by atoms with Gasteiger partial charge in [-0.2, -0.15) is 0 Å². The van der Waals surface area contributed by atoms with Crippen LogP contribution in [0.3, 0.4) is 0 Å². The van der Waals surface area contributed by atoms with Crippen LogP contribution in [0.1, 0.15) is 35.5 Å². The molecular formula is C13H20ClN3O2. The molecule has 1 aromatic rings. The SMILES string of the molecule is Cc1cc(C(=O)N2CCC3(CCNCC3)C2)no1.Cl. The summed E-state index contributed by atoms with van der Waals surface area (Å²) in [5, 5.41) is 7.20. The molecule has 0 aliphatic carbocycles. The zero-order valence-corrected chi connectivity index (χ0v) is 12.0. The van der Waals surface area contributed by atoms with E-state index in [-0.39, 0.29) is 18.3 Å². The molecule has 0 aromatic carbocycles. The lowest BCUT2D eigenvalue weighted by atomic mass is 9.78. The number of carbonyl (C=O) groups excluding carboxylic acids is 1. The van der Waals surface area contributed by atoms with Crippen LogP contribution in [-0.4, -0.2) is 42.1 Å². The Morgan fingerprint density at radius 2 is 2.16 bits per heavy atom. The zero-order valence-electron chi connectivity index (χ0n) is 11.1. The van der Waals surface area contributed by atoms with E-state index >= 15 is 0 Å². The maximum absolute atomic E-state index is 12.3. The molecule has 19 heavy (non-hydrogen) atoms. The number of nitrogens with zero attached hydrogens (tertiary/aromatic N) is 2. The Bertz CT molecular complexity index is 454. The molecule has 3 rings (SSSR count). The summed E-state index contributed by atoms with van der Waals surface area (Å²) in [5.41, 5.74) is 0.790. The van der Waals surface area contributed by atoms with Gasteiger partial charge in [-0.1, -0.05) is 5.16 Å². The van der Waals surface area contributed by atoms with Gasteiger partial charge in [-0.3, -0.25) is 4.79 Å². The summed E-state index contributed by atoms with van der Waals surface area (Å²) in [7, 11) is 0. The van der Waals surface area contributed by atoms with E-state index in [0.717, 1.165) is 32.6 Å². The van der Waals surface area contributed by atoms with Crippen molar-refractivity contribution in [2.45, 2.75) is 26.2 Å². The molecule has 0 saturated carbocycles. The van der Waals surface area contributed by atoms with Gasteiger partial charge in [0.05, 0.1) is 0 Å². The lowest BCUT2D eigenvalue weighted by molar-refractivity contribution is 0.0751. The van der Waals surface area contributed by atoms with Gasteiger partial charge < -0.3 is 14.7 Å². The number of amides is 1. The van der Waals surface area contributed by atoms with Gasteiger partial charge in [-0.25, -0.2) is 0 Å². The molecule has 2 fully saturated rings. The summed E-state index contributed by atoms with van der Waals surface area (Å²) in [6.45, 7) is 5.68. The first-order valence-electron chi connectivity index (χ1n) is 6.62. The van der Waals surface area contributed by atoms with Crippen LogP contribution in [0.15, 0.2) is 10.6 Å². The van der Waals surface area contributed by atoms with Crippen molar-refractivity contribution in [1.29, 1.82) is 0 Å². The fourth-order valence-electron chi connectivity index (χ4n) is 3.10. The molecule has 2 aliphatic heterocycles. The van der Waals surface area contributed by atoms with Crippen LogP contribution in [0.5, 0.6) is 0 Å². The first-order chi connectivity index (χ1) is 8.69. The van der Waals surface area contributed by atoms with E-state index in [2.05, 4.69) is 10.5 Å². The first-order valence-corrected chi connectivity index (χ1v) is 6.62. The van der Waals surface area contributed by atoms with Gasteiger partial charge in [-0.15, -0.1) is 12.4 Å². The van der Waals surface area contributed by atoms with Crippen LogP contribution in [0.4, 0.5) is 0 Å². The van der Waals surface area contributed by atoms with E-state index in [4.69, 9.17) is 4.52 Å². The van der Waals surface area contributed by atoms with E-state index in [9.17, 15) is 4.79 Å². The zero-order chi connectivity index (χ0) is 12.6. The molecule has 106 valence electrons. The maximum Gasteiger partial charge on any atom is 0.276 e. The van der Waals surface area contributed by atoms with Crippen molar-refractivity contribution >= 4 is 18.3 Å². The predicted octanol–water partition coefficient (Wildman–Crippen LogP) is 1.62. The molecule has 1 spiro atoms. The summed E-state index contributed by atoms with van der Waals surface area (Å²) in [4.78, 5) is 14.2. The van der Waals surface area contributed by atoms with E-state index in [0.29, 0.717) is 16.9 Å². The molecule has 0 radical (unpaired) electrons. The van der Waals surface area contributed by atoms with Gasteiger partial charge in [0.25, 0.3) is 5.91 Å². The highest BCUT2D eigenvalue weighted by Crippen LogP contribution is 2.38. The summed E-state index contributed by atoms with van der Waals surface area (Å²) in [6, 6.07) is 1.72. The highest BCUT2D eigenvalue weighted by Gasteiger charge is 2.41. The van der Waals surface area contributed by atoms with Crippen molar-refractivity contribution in [3.8, 4) is 0 Å². The third-order valence-electron chi connectivity index (χ3n) is 4.24. The normalized spacial score (nSPS) is 21.4. The number of aryl methyl sites for hydroxylation is 1. The molecular weight excluding hydrogens is 266 g/mol. The number of piperidine rings is 1. The predicted molar refractivity (Wildman–Crippen MR) is 73.5 cm³/mol. The summed E-state index contributed by atoms with van der Waals surface area (Å²) in [6.07, 6.45) is 3.47. The van der Waals surface area contributed by atoms with Gasteiger partial charge in [0.2, 0.25) is 0 Å². The molecule has 3 heterocycles. The Morgan fingerprint density at radius 3 is 2.79 bits per heavy atom. The van der Waals surface area contributed by atoms with Crippen LogP contribution >= 0.6 is 12.4 Å². The van der Waals surface area contributed by atoms with Crippen molar-refractivity contribution in [2.24, 2.45) is 5.41 Å². The van der Waals surface area contributed by atoms with Gasteiger partial charge >= 0.3 is 0 Å². The Kier molecular flexibility index (Phi) is 4.16. The highest BCUT2D eigenvalue weighted by atomic mass is 35.5. The molecule has 1 aromatic heterocycles. The second-order valence-corrected chi connectivity index (χ2v) is 5.55. The second-order valence-electron chi connectivity index (χ2n) is 5.55. The van der Waals surface area contributed by atoms with Gasteiger partial charge in [-0.05, 0) is 44.7 Å². The Hall–Kier alpha value is -1.07. The van der Waals surface area contributed by atoms with Crippen LogP contribution in [0.25, 0.3) is 0 Å². The summed E-state index contributed by atoms with van der Waals surface area (Å²) < 4.78 is 4.97. The lowest BCUT2D eigenvalue weighted by Crippen LogP contribution is -2.39. The third-order valence-corrected chi connectivity index (χ3v) is 4.24. The molecule has 1 N–H and O–H groups in total. The lowest BCUT2D eigenvalue weighted by Gasteiger charge is -2.33. The Labute approximate surface area is 119 Å². The minimum Gasteiger partial charge on any atom is -0.361 e. The number of carbonyl (C=O) groups is 1. The Balaban J connectivity index is 0.00000133. The van der Waals surface area contributed by atoms with Crippen LogP contribution < -0.4 is 5.32 Å². The minimum atomic E-state index is 0. The number of halogens is 1. The van der Waals surface area contributed by atoms with Gasteiger partial charge in [0, 0.05) is 19.2 Å². The number of likely N-dealkylation sites (tertiary alicyclic amines) is 1. The molecule has 0 bridgehead atoms. The van der Waals surface area contributed by atoms with Gasteiger partial charge in [0.15, 0.2) is 5.69 Å². The van der Waals surface area contributed by atoms with Crippen LogP contribution in [0, 0.1) is 12.3 Å². The largest absolute Gasteiger partial charge is 0.361 e. The average Bonchev–Trinajstić information content (AvgIpc) is 2.97. The van der Waals surface area contributed by atoms with Gasteiger partial charge in [0.1, 0.15) is 5.76 Å². The monoisotopic (exact) mass is 285 g/mol. The molecule has 0 atom stereocenters. The number of rotatable bonds is 1. The molecule has 2 saturated heterocycles. The van der Waals surface area contributed by atoms with Crippen molar-refractivity contribution in [3.63, 3.8) is 0 Å². The molecule has 0 unspecified atom stereocenters. The van der Waals surface area contributed by atoms with Crippen molar-refractivity contribution < 1.29 is 9.32 Å². The smallest absolute Gasteiger partial charge is 0.276 e. The van der Waals surface area contributed by atoms with E-state index in [1.807, 2.05) is 11.8 Å². The van der Waals surface area contributed by atoms with Crippen molar-refractivity contribution in [1.82, 2.24) is 15.4 Å². The quantitative estimate of drug-likeness (QED) is 0.852. The maximum atomic E-state index is 12.3. The Morgan fingerprint density at radius 1 is 1.42 bits per heavy atom. The molecule has 6 heteroatoms. The van der Waals surface area contributed by atoms with E-state index < -0.39 is 0 Å². The summed E-state index contributed by atoms with van der Waals surface area (Å²) >= 11 is 0. The number of nitrogens with one attached hydrogen (secondary N) is 1. The fraction of sp³-hybridized carbons (Fsp3) is 0.692. The molecule has 1 amide bonds. The van der Waals surface area contributed by atoms with Crippen LogP contribution in [-0.2, 0) is 0 Å². The van der Waals surface area contributed by atoms with Crippen molar-refractivity contribution in [3.05, 3.63) is 17.5 Å². The summed E-state index contributed by atoms with van der Waals surface area (Å²) in [5.74, 6) is 0.705. The third kappa shape index (κ3) is 2.77.